The summed E-state index contributed by atoms with van der Waals surface area (Å²) in [5, 5.41) is 4.50. The van der Waals surface area contributed by atoms with Crippen LogP contribution in [0, 0.1) is 5.92 Å². The summed E-state index contributed by atoms with van der Waals surface area (Å²) in [4.78, 5) is 4.50. The van der Waals surface area contributed by atoms with E-state index in [9.17, 15) is 0 Å². The maximum atomic E-state index is 4.50. The number of fused-ring (bicyclic) bond motifs is 2. The molecule has 0 bridgehead atoms. The molecule has 4 heteroatoms. The van der Waals surface area contributed by atoms with E-state index in [1.54, 1.807) is 0 Å². The lowest BCUT2D eigenvalue weighted by atomic mass is 9.94. The van der Waals surface area contributed by atoms with Gasteiger partial charge in [0.2, 0.25) is 0 Å². The molecule has 0 aromatic rings. The molecule has 2 heterocycles. The minimum Gasteiger partial charge on any atom is -0.652 e. The van der Waals surface area contributed by atoms with Gasteiger partial charge in [0.05, 0.1) is 35.1 Å². The van der Waals surface area contributed by atoms with Crippen molar-refractivity contribution in [3.63, 3.8) is 0 Å². The fourth-order valence-electron chi connectivity index (χ4n) is 1.74. The number of thioether (sulfide) groups is 2. The molecule has 0 N–H and O–H groups in total. The van der Waals surface area contributed by atoms with Crippen molar-refractivity contribution in [1.82, 2.24) is 0 Å². The van der Waals surface area contributed by atoms with Crippen LogP contribution in [0.1, 0.15) is 0 Å². The molecular weight excluding hydrogens is 212 g/mol. The van der Waals surface area contributed by atoms with Gasteiger partial charge in [-0.05, 0) is 5.70 Å². The first kappa shape index (κ1) is 8.80. The van der Waals surface area contributed by atoms with E-state index in [4.69, 9.17) is 0 Å². The van der Waals surface area contributed by atoms with Gasteiger partial charge in [-0.2, -0.15) is 11.8 Å². The Morgan fingerprint density at radius 2 is 2.43 bits per heavy atom. The summed E-state index contributed by atoms with van der Waals surface area (Å²) in [7, 11) is 0. The normalized spacial score (nSPS) is 25.1. The first-order valence-electron chi connectivity index (χ1n) is 4.60. The molecule has 1 aliphatic carbocycles. The fourth-order valence-corrected chi connectivity index (χ4v) is 3.29. The summed E-state index contributed by atoms with van der Waals surface area (Å²) in [6.07, 6.45) is 4.44. The topological polar surface area (TPSA) is 26.5 Å². The number of hydrogen-bond donors (Lipinski definition) is 0. The van der Waals surface area contributed by atoms with Crippen LogP contribution in [-0.2, 0) is 0 Å². The molecule has 1 fully saturated rings. The van der Waals surface area contributed by atoms with Crippen molar-refractivity contribution in [3.05, 3.63) is 34.7 Å². The Hall–Kier alpha value is -0.480. The third kappa shape index (κ3) is 1.46. The molecule has 2 aliphatic heterocycles. The van der Waals surface area contributed by atoms with E-state index < -0.39 is 0 Å². The highest BCUT2D eigenvalue weighted by Gasteiger charge is 2.28. The van der Waals surface area contributed by atoms with Crippen molar-refractivity contribution in [2.75, 3.05) is 23.3 Å². The zero-order chi connectivity index (χ0) is 9.38. The monoisotopic (exact) mass is 222 g/mol. The van der Waals surface area contributed by atoms with E-state index in [2.05, 4.69) is 22.5 Å². The van der Waals surface area contributed by atoms with Crippen LogP contribution < -0.4 is 0 Å². The van der Waals surface area contributed by atoms with Crippen LogP contribution in [0.4, 0.5) is 0 Å². The Morgan fingerprint density at radius 1 is 1.43 bits per heavy atom. The first-order chi connectivity index (χ1) is 6.93. The minimum atomic E-state index is 0.903. The Morgan fingerprint density at radius 3 is 3.43 bits per heavy atom. The van der Waals surface area contributed by atoms with Gasteiger partial charge in [-0.1, -0.05) is 5.88 Å². The summed E-state index contributed by atoms with van der Waals surface area (Å²) in [6.45, 7) is 0. The maximum Gasteiger partial charge on any atom is 0.171 e. The Bertz CT molecular complexity index is 344. The zero-order valence-electron chi connectivity index (χ0n) is 7.69. The molecular formula is C10H10N2S2. The molecule has 14 heavy (non-hydrogen) atoms. The highest BCUT2D eigenvalue weighted by molar-refractivity contribution is 7.99. The van der Waals surface area contributed by atoms with E-state index >= 15 is 0 Å². The van der Waals surface area contributed by atoms with E-state index in [-0.39, 0.29) is 0 Å². The summed E-state index contributed by atoms with van der Waals surface area (Å²) in [6, 6.07) is 0. The predicted octanol–water partition coefficient (Wildman–Crippen LogP) is 2.61. The average molecular weight is 222 g/mol. The van der Waals surface area contributed by atoms with Crippen molar-refractivity contribution in [2.24, 2.45) is 4.99 Å². The van der Waals surface area contributed by atoms with Gasteiger partial charge in [0, 0.05) is 5.92 Å². The molecule has 2 nitrogen and oxygen atoms in total. The number of aliphatic imine (C=N–C) groups is 1. The molecule has 1 saturated heterocycles. The van der Waals surface area contributed by atoms with Gasteiger partial charge in [-0.3, -0.25) is 0 Å². The molecule has 0 aromatic heterocycles. The molecule has 0 amide bonds. The van der Waals surface area contributed by atoms with Crippen molar-refractivity contribution >= 4 is 29.2 Å². The second-order valence-electron chi connectivity index (χ2n) is 3.38. The largest absolute Gasteiger partial charge is 0.652 e. The van der Waals surface area contributed by atoms with E-state index in [1.807, 2.05) is 23.5 Å². The lowest BCUT2D eigenvalue weighted by Crippen LogP contribution is -2.20. The lowest BCUT2D eigenvalue weighted by molar-refractivity contribution is 1.17. The van der Waals surface area contributed by atoms with Crippen LogP contribution in [-0.4, -0.2) is 29.0 Å². The number of rotatable bonds is 0. The van der Waals surface area contributed by atoms with Gasteiger partial charge >= 0.3 is 0 Å². The van der Waals surface area contributed by atoms with E-state index in [1.165, 1.54) is 11.5 Å². The Labute approximate surface area is 92.3 Å². The Balaban J connectivity index is 1.95. The third-order valence-corrected chi connectivity index (χ3v) is 4.10. The second kappa shape index (κ2) is 3.59. The minimum absolute atomic E-state index is 0.903. The van der Waals surface area contributed by atoms with E-state index in [0.717, 1.165) is 34.7 Å². The molecule has 3 rings (SSSR count). The number of nitrogens with zero attached hydrogens (tertiary/aromatic N) is 2. The highest BCUT2D eigenvalue weighted by Crippen LogP contribution is 2.37. The number of allylic oxidation sites excluding steroid dienone is 2. The van der Waals surface area contributed by atoms with Gasteiger partial charge in [0.15, 0.2) is 5.71 Å². The Kier molecular flexibility index (Phi) is 2.25. The van der Waals surface area contributed by atoms with Crippen LogP contribution in [0.15, 0.2) is 28.4 Å². The number of hydrogen-bond acceptors (Lipinski definition) is 3. The smallest absolute Gasteiger partial charge is 0.171 e. The lowest BCUT2D eigenvalue weighted by Gasteiger charge is -2.32. The van der Waals surface area contributed by atoms with Crippen molar-refractivity contribution in [1.29, 1.82) is 0 Å². The molecule has 3 aliphatic rings. The van der Waals surface area contributed by atoms with Crippen LogP contribution in [0.2, 0.25) is 0 Å². The molecule has 0 radical (unpaired) electrons. The van der Waals surface area contributed by atoms with Crippen molar-refractivity contribution in [2.45, 2.75) is 0 Å². The van der Waals surface area contributed by atoms with Gasteiger partial charge in [0.1, 0.15) is 0 Å². The summed E-state index contributed by atoms with van der Waals surface area (Å²) < 4.78 is 0. The van der Waals surface area contributed by atoms with Gasteiger partial charge in [0.25, 0.3) is 0 Å². The molecule has 0 saturated carbocycles. The van der Waals surface area contributed by atoms with Crippen LogP contribution in [0.5, 0.6) is 0 Å². The van der Waals surface area contributed by atoms with E-state index in [0.29, 0.717) is 0 Å². The van der Waals surface area contributed by atoms with Crippen molar-refractivity contribution in [3.8, 4) is 0 Å². The molecule has 0 aromatic carbocycles. The first-order valence-corrected chi connectivity index (χ1v) is 6.91. The van der Waals surface area contributed by atoms with Gasteiger partial charge < -0.3 is 5.32 Å². The zero-order valence-corrected chi connectivity index (χ0v) is 9.33. The summed E-state index contributed by atoms with van der Waals surface area (Å²) in [5.41, 5.74) is 3.72. The predicted molar refractivity (Wildman–Crippen MR) is 64.9 cm³/mol. The fraction of sp³-hybridized carbons (Fsp3) is 0.400. The maximum absolute atomic E-state index is 4.50. The molecule has 0 atom stereocenters. The average Bonchev–Trinajstić information content (AvgIpc) is 2.26. The van der Waals surface area contributed by atoms with Crippen LogP contribution in [0.3, 0.4) is 0 Å². The SMILES string of the molecule is C1=C2CSCN=C2C=C2[N-]CSC[C+]12. The second-order valence-corrected chi connectivity index (χ2v) is 5.29. The summed E-state index contributed by atoms with van der Waals surface area (Å²) in [5.74, 6) is 5.41. The molecule has 0 spiro atoms. The molecule has 72 valence electrons. The van der Waals surface area contributed by atoms with Crippen molar-refractivity contribution < 1.29 is 0 Å². The quantitative estimate of drug-likeness (QED) is 0.589. The molecule has 0 unspecified atom stereocenters. The van der Waals surface area contributed by atoms with Gasteiger partial charge in [-0.25, -0.2) is 4.99 Å². The summed E-state index contributed by atoms with van der Waals surface area (Å²) >= 11 is 3.77. The van der Waals surface area contributed by atoms with Gasteiger partial charge in [-0.15, -0.1) is 11.8 Å². The van der Waals surface area contributed by atoms with Crippen LogP contribution >= 0.6 is 23.5 Å². The third-order valence-electron chi connectivity index (χ3n) is 2.45. The van der Waals surface area contributed by atoms with Crippen LogP contribution in [0.25, 0.3) is 5.32 Å². The standard InChI is InChI=1S/C10H10N2S2/c1-7-3-13-5-11-9(7)2-10-8(1)4-14-6-12-10/h1-2H,3-6H2. The highest BCUT2D eigenvalue weighted by atomic mass is 32.2.